The topological polar surface area (TPSA) is 427 Å². The number of carbonyl (C=O) groups is 12. The van der Waals surface area contributed by atoms with Gasteiger partial charge in [0.2, 0.25) is 71.4 Å². The van der Waals surface area contributed by atoms with Crippen LogP contribution >= 0.6 is 0 Å². The number of aliphatic hydroxyl groups is 2. The van der Waals surface area contributed by atoms with E-state index in [9.17, 15) is 76.5 Å². The Morgan fingerprint density at radius 1 is 0.624 bits per heavy atom. The molecule has 1 saturated heterocycles. The van der Waals surface area contributed by atoms with Gasteiger partial charge in [-0.15, -0.1) is 0 Å². The number of nitrogens with two attached hydrogens (primary N) is 2. The number of nitrogens with one attached hydrogen (secondary N) is 10. The lowest BCUT2D eigenvalue weighted by molar-refractivity contribution is -0.157. The molecule has 0 aromatic heterocycles. The SMILES string of the molecule is CC[C@H](C)[C@H](NC(=O)[C@H](N)CCc1ccc(-c2ccccc2)cc1)C(=O)N[C@@H](CO)C(=O)N[C@H](CCC(N)=O)C(=O)N[C@@H](C(=O)N[C@H](C(=O)N[C@@H](CO)C(=O)N[C@H]1C(=O)N[C@@H](C)C(=O)N[C@@]2(C[C@H]2CC(F)F)C(=O)N[C@@H]([C@@H](C)CC)C(=O)O[C@H]1C)[C@@H](C)CC)[C@@H](C)CC. The summed E-state index contributed by atoms with van der Waals surface area (Å²) in [5.74, 6) is -15.3. The van der Waals surface area contributed by atoms with Crippen molar-refractivity contribution >= 4 is 70.9 Å². The number of amides is 11. The summed E-state index contributed by atoms with van der Waals surface area (Å²) in [6, 6.07) is 2.42. The molecule has 1 aliphatic carbocycles. The highest BCUT2D eigenvalue weighted by Gasteiger charge is 2.62. The molecule has 11 amide bonds. The van der Waals surface area contributed by atoms with Gasteiger partial charge in [0.25, 0.3) is 0 Å². The number of cyclic esters (lactones) is 1. The number of hydrogen-bond acceptors (Lipinski definition) is 16. The zero-order valence-electron chi connectivity index (χ0n) is 54.6. The second-order valence-corrected chi connectivity index (χ2v) is 24.6. The molecule has 0 bridgehead atoms. The first-order valence-corrected chi connectivity index (χ1v) is 31.8. The number of alkyl halides is 2. The predicted octanol–water partition coefficient (Wildman–Crippen LogP) is -0.0935. The van der Waals surface area contributed by atoms with Crippen LogP contribution in [0.4, 0.5) is 8.78 Å². The Balaban J connectivity index is 1.48. The molecule has 27 nitrogen and oxygen atoms in total. The average Bonchev–Trinajstić information content (AvgIpc) is 1.58. The van der Waals surface area contributed by atoms with E-state index < -0.39 is 212 Å². The molecule has 2 fully saturated rings. The van der Waals surface area contributed by atoms with Crippen LogP contribution in [0.2, 0.25) is 0 Å². The molecule has 1 heterocycles. The van der Waals surface area contributed by atoms with Crippen molar-refractivity contribution < 1.29 is 81.3 Å². The molecular weight excluding hydrogens is 1210 g/mol. The van der Waals surface area contributed by atoms with Crippen LogP contribution in [0.25, 0.3) is 11.1 Å². The van der Waals surface area contributed by atoms with E-state index in [1.54, 1.807) is 55.4 Å². The van der Waals surface area contributed by atoms with E-state index in [0.717, 1.165) is 16.7 Å². The van der Waals surface area contributed by atoms with Crippen LogP contribution in [-0.2, 0) is 68.7 Å². The van der Waals surface area contributed by atoms with E-state index in [2.05, 4.69) is 53.2 Å². The lowest BCUT2D eigenvalue weighted by Crippen LogP contribution is -2.63. The molecule has 93 heavy (non-hydrogen) atoms. The maximum absolute atomic E-state index is 14.4. The van der Waals surface area contributed by atoms with E-state index in [4.69, 9.17) is 16.2 Å². The van der Waals surface area contributed by atoms with E-state index in [-0.39, 0.29) is 25.7 Å². The third-order valence-corrected chi connectivity index (χ3v) is 17.6. The minimum Gasteiger partial charge on any atom is -0.458 e. The van der Waals surface area contributed by atoms with Crippen molar-refractivity contribution in [1.82, 2.24) is 53.2 Å². The predicted molar refractivity (Wildman–Crippen MR) is 337 cm³/mol. The normalized spacial score (nSPS) is 22.7. The maximum atomic E-state index is 14.4. The van der Waals surface area contributed by atoms with Crippen molar-refractivity contribution in [2.24, 2.45) is 41.1 Å². The number of esters is 1. The molecule has 17 atom stereocenters. The number of rotatable bonds is 33. The van der Waals surface area contributed by atoms with Gasteiger partial charge in [-0.1, -0.05) is 136 Å². The van der Waals surface area contributed by atoms with Crippen LogP contribution in [0, 0.1) is 29.6 Å². The molecule has 2 aliphatic rings. The van der Waals surface area contributed by atoms with Crippen LogP contribution < -0.4 is 64.6 Å². The van der Waals surface area contributed by atoms with Gasteiger partial charge in [-0.25, -0.2) is 13.6 Å². The fourth-order valence-electron chi connectivity index (χ4n) is 10.5. The van der Waals surface area contributed by atoms with E-state index in [1.807, 2.05) is 54.6 Å². The average molecular weight is 1310 g/mol. The highest BCUT2D eigenvalue weighted by Crippen LogP contribution is 2.48. The quantitative estimate of drug-likeness (QED) is 0.0415. The second kappa shape index (κ2) is 36.3. The Labute approximate surface area is 541 Å². The number of hydrogen-bond donors (Lipinski definition) is 14. The van der Waals surface area contributed by atoms with Gasteiger partial charge >= 0.3 is 5.97 Å². The monoisotopic (exact) mass is 1310 g/mol. The van der Waals surface area contributed by atoms with Crippen LogP contribution in [0.15, 0.2) is 54.6 Å². The number of primary amides is 1. The van der Waals surface area contributed by atoms with Crippen molar-refractivity contribution in [3.8, 4) is 11.1 Å². The summed E-state index contributed by atoms with van der Waals surface area (Å²) in [4.78, 5) is 166. The lowest BCUT2D eigenvalue weighted by atomic mass is 9.94. The Bertz CT molecular complexity index is 2930. The van der Waals surface area contributed by atoms with Gasteiger partial charge in [0.15, 0.2) is 0 Å². The molecule has 1 saturated carbocycles. The minimum absolute atomic E-state index is 0.186. The summed E-state index contributed by atoms with van der Waals surface area (Å²) < 4.78 is 32.8. The van der Waals surface area contributed by atoms with Gasteiger partial charge in [0.05, 0.1) is 19.3 Å². The van der Waals surface area contributed by atoms with Gasteiger partial charge < -0.3 is 79.6 Å². The molecule has 516 valence electrons. The van der Waals surface area contributed by atoms with Crippen molar-refractivity contribution in [2.75, 3.05) is 13.2 Å². The summed E-state index contributed by atoms with van der Waals surface area (Å²) in [7, 11) is 0. The van der Waals surface area contributed by atoms with Gasteiger partial charge in [-0.3, -0.25) is 52.7 Å². The van der Waals surface area contributed by atoms with Crippen molar-refractivity contribution in [3.63, 3.8) is 0 Å². The third kappa shape index (κ3) is 22.0. The van der Waals surface area contributed by atoms with Gasteiger partial charge in [-0.2, -0.15) is 0 Å². The number of carbonyl (C=O) groups excluding carboxylic acids is 12. The van der Waals surface area contributed by atoms with Crippen LogP contribution in [-0.4, -0.2) is 173 Å². The van der Waals surface area contributed by atoms with Crippen molar-refractivity contribution in [3.05, 3.63) is 60.2 Å². The zero-order valence-corrected chi connectivity index (χ0v) is 54.6. The first-order chi connectivity index (χ1) is 43.9. The Morgan fingerprint density at radius 3 is 1.61 bits per heavy atom. The first-order valence-electron chi connectivity index (χ1n) is 31.8. The lowest BCUT2D eigenvalue weighted by Gasteiger charge is -2.31. The highest BCUT2D eigenvalue weighted by atomic mass is 19.3. The molecule has 2 aromatic carbocycles. The molecule has 29 heteroatoms. The van der Waals surface area contributed by atoms with Crippen molar-refractivity contribution in [1.29, 1.82) is 0 Å². The fourth-order valence-corrected chi connectivity index (χ4v) is 10.5. The van der Waals surface area contributed by atoms with Crippen LogP contribution in [0.1, 0.15) is 133 Å². The van der Waals surface area contributed by atoms with Gasteiger partial charge in [-0.05, 0) is 85.8 Å². The number of aliphatic hydroxyl groups excluding tert-OH is 2. The molecule has 1 spiro atoms. The standard InChI is InChI=1S/C64H96F2N12O15/c1-11-32(5)48(73-54(83)42(67)25-22-38-20-23-40(24-21-38)39-18-16-15-17-19-39)58(87)71-44(30-79)56(85)70-43(26-27-47(68)81)55(84)74-50(34(7)13-3)60(89)75-49(33(6)12-2)59(88)72-45(31-80)57(86)76-52-37(10)93-62(91)51(35(8)14-4)77-63(92)64(29-41(64)28-46(65)66)78-53(82)36(9)69-61(52)90/h15-21,23-24,32-37,41-46,48-52,79-80H,11-14,22,25-31,67H2,1-10H3,(H2,68,81)(H,69,90)(H,70,85)(H,71,87)(H,72,88)(H,73,83)(H,74,84)(H,75,89)(H,76,86)(H,77,92)(H,78,82)/t32-,33-,34-,35-,36-,37-,41+,42+,43+,44-,45-,48-,49-,50+,51-,52+,64+/m0/s1. The smallest absolute Gasteiger partial charge is 0.329 e. The number of benzene rings is 2. The first kappa shape index (κ1) is 77.3. The number of halogens is 2. The minimum atomic E-state index is -2.83. The van der Waals surface area contributed by atoms with E-state index >= 15 is 0 Å². The largest absolute Gasteiger partial charge is 0.458 e. The van der Waals surface area contributed by atoms with E-state index in [1.165, 1.54) is 13.8 Å². The van der Waals surface area contributed by atoms with Crippen molar-refractivity contribution in [2.45, 2.75) is 212 Å². The molecule has 16 N–H and O–H groups in total. The van der Waals surface area contributed by atoms with E-state index in [0.29, 0.717) is 19.3 Å². The summed E-state index contributed by atoms with van der Waals surface area (Å²) >= 11 is 0. The molecule has 0 unspecified atom stereocenters. The summed E-state index contributed by atoms with van der Waals surface area (Å²) in [5, 5.41) is 45.8. The zero-order chi connectivity index (χ0) is 69.6. The maximum Gasteiger partial charge on any atom is 0.329 e. The van der Waals surface area contributed by atoms with Gasteiger partial charge in [0, 0.05) is 12.8 Å². The summed E-state index contributed by atoms with van der Waals surface area (Å²) in [6.07, 6.45) is -4.41. The number of aryl methyl sites for hydroxylation is 1. The Kier molecular flexibility index (Phi) is 30.2. The fraction of sp³-hybridized carbons (Fsp3) is 0.625. The Morgan fingerprint density at radius 2 is 1.11 bits per heavy atom. The third-order valence-electron chi connectivity index (χ3n) is 17.6. The molecule has 2 aromatic rings. The molecular formula is C64H96F2N12O15. The molecule has 1 aliphatic heterocycles. The molecule has 0 radical (unpaired) electrons. The summed E-state index contributed by atoms with van der Waals surface area (Å²) in [6.45, 7) is 13.6. The van der Waals surface area contributed by atoms with Gasteiger partial charge in [0.1, 0.15) is 66.0 Å². The van der Waals surface area contributed by atoms with Crippen LogP contribution in [0.5, 0.6) is 0 Å². The second-order valence-electron chi connectivity index (χ2n) is 24.6. The molecule has 4 rings (SSSR count). The summed E-state index contributed by atoms with van der Waals surface area (Å²) in [5.41, 5.74) is 12.9. The Hall–Kier alpha value is -8.18. The highest BCUT2D eigenvalue weighted by molar-refractivity contribution is 6.01. The van der Waals surface area contributed by atoms with Crippen LogP contribution in [0.3, 0.4) is 0 Å². The number of ether oxygens (including phenoxy) is 1.